The van der Waals surface area contributed by atoms with Crippen LogP contribution in [0.3, 0.4) is 0 Å². The van der Waals surface area contributed by atoms with Gasteiger partial charge in [-0.3, -0.25) is 4.79 Å². The van der Waals surface area contributed by atoms with Gasteiger partial charge in [-0.25, -0.2) is 0 Å². The van der Waals surface area contributed by atoms with Crippen molar-refractivity contribution in [1.29, 1.82) is 0 Å². The van der Waals surface area contributed by atoms with Gasteiger partial charge in [0.05, 0.1) is 24.7 Å². The molecule has 3 atom stereocenters. The van der Waals surface area contributed by atoms with E-state index in [9.17, 15) is 4.79 Å². The topological polar surface area (TPSA) is 44.8 Å². The van der Waals surface area contributed by atoms with E-state index in [-0.39, 0.29) is 23.6 Å². The SMILES string of the molecule is CC[Si](CC)(CC)O[C@@H]1CCC(C)(OC)C/C=C/[C@H](C)COC(=O)C1. The van der Waals surface area contributed by atoms with Crippen LogP contribution >= 0.6 is 0 Å². The first kappa shape index (κ1) is 22.4. The summed E-state index contributed by atoms with van der Waals surface area (Å²) in [5.74, 6) is 0.0791. The molecule has 0 bridgehead atoms. The van der Waals surface area contributed by atoms with E-state index in [4.69, 9.17) is 13.9 Å². The zero-order chi connectivity index (χ0) is 18.9. The second-order valence-electron chi connectivity index (χ2n) is 7.67. The molecule has 1 aliphatic rings. The Morgan fingerprint density at radius 2 is 1.92 bits per heavy atom. The molecular formula is C20H38O4Si. The number of carbonyl (C=O) groups is 1. The van der Waals surface area contributed by atoms with Crippen LogP contribution in [-0.2, 0) is 18.7 Å². The number of esters is 1. The maximum Gasteiger partial charge on any atom is 0.308 e. The van der Waals surface area contributed by atoms with Crippen LogP contribution in [0.4, 0.5) is 0 Å². The molecule has 0 aromatic carbocycles. The lowest BCUT2D eigenvalue weighted by Gasteiger charge is -2.35. The summed E-state index contributed by atoms with van der Waals surface area (Å²) in [6.07, 6.45) is 7.13. The quantitative estimate of drug-likeness (QED) is 0.371. The molecule has 0 aromatic rings. The Balaban J connectivity index is 2.94. The molecule has 0 amide bonds. The van der Waals surface area contributed by atoms with Gasteiger partial charge < -0.3 is 13.9 Å². The molecule has 0 aromatic heterocycles. The van der Waals surface area contributed by atoms with E-state index in [1.54, 1.807) is 7.11 Å². The van der Waals surface area contributed by atoms with Crippen LogP contribution < -0.4 is 0 Å². The molecule has 0 N–H and O–H groups in total. The van der Waals surface area contributed by atoms with Crippen molar-refractivity contribution in [3.8, 4) is 0 Å². The molecule has 4 nitrogen and oxygen atoms in total. The molecule has 1 rings (SSSR count). The summed E-state index contributed by atoms with van der Waals surface area (Å²) in [6, 6.07) is 3.27. The van der Waals surface area contributed by atoms with Crippen LogP contribution in [0.2, 0.25) is 18.1 Å². The third kappa shape index (κ3) is 7.23. The fourth-order valence-electron chi connectivity index (χ4n) is 3.38. The standard InChI is InChI=1S/C20H38O4Si/c1-7-25(8-2,9-3)24-18-12-14-20(5,22-6)13-10-11-17(4)16-23-19(21)15-18/h10-11,17-18H,7-9,12-16H2,1-6H3/b11-10+/t17-,18+,20?/m0/s1. The van der Waals surface area contributed by atoms with Gasteiger partial charge in [0.1, 0.15) is 0 Å². The van der Waals surface area contributed by atoms with Crippen LogP contribution in [-0.4, -0.2) is 39.7 Å². The predicted molar refractivity (Wildman–Crippen MR) is 105 cm³/mol. The Hall–Kier alpha value is -0.653. The summed E-state index contributed by atoms with van der Waals surface area (Å²) in [6.45, 7) is 11.3. The largest absolute Gasteiger partial charge is 0.465 e. The Morgan fingerprint density at radius 3 is 2.48 bits per heavy atom. The van der Waals surface area contributed by atoms with E-state index in [1.807, 2.05) is 0 Å². The van der Waals surface area contributed by atoms with Gasteiger partial charge in [-0.15, -0.1) is 0 Å². The van der Waals surface area contributed by atoms with Gasteiger partial charge in [0.15, 0.2) is 8.32 Å². The van der Waals surface area contributed by atoms with E-state index in [1.165, 1.54) is 0 Å². The van der Waals surface area contributed by atoms with Gasteiger partial charge in [-0.1, -0.05) is 39.8 Å². The van der Waals surface area contributed by atoms with Crippen molar-refractivity contribution in [3.63, 3.8) is 0 Å². The molecule has 0 aliphatic carbocycles. The van der Waals surface area contributed by atoms with Crippen molar-refractivity contribution in [1.82, 2.24) is 0 Å². The molecule has 0 fully saturated rings. The van der Waals surface area contributed by atoms with Crippen molar-refractivity contribution in [2.75, 3.05) is 13.7 Å². The molecule has 0 saturated heterocycles. The molecule has 146 valence electrons. The lowest BCUT2D eigenvalue weighted by molar-refractivity contribution is -0.146. The third-order valence-corrected chi connectivity index (χ3v) is 10.5. The summed E-state index contributed by atoms with van der Waals surface area (Å²) in [5.41, 5.74) is -0.213. The average molecular weight is 371 g/mol. The fourth-order valence-corrected chi connectivity index (χ4v) is 6.29. The molecule has 1 unspecified atom stereocenters. The first-order chi connectivity index (χ1) is 11.8. The van der Waals surface area contributed by atoms with Crippen LogP contribution in [0.1, 0.15) is 60.3 Å². The molecular weight excluding hydrogens is 332 g/mol. The van der Waals surface area contributed by atoms with Gasteiger partial charge in [0.2, 0.25) is 0 Å². The lowest BCUT2D eigenvalue weighted by Crippen LogP contribution is -2.41. The van der Waals surface area contributed by atoms with E-state index < -0.39 is 8.32 Å². The van der Waals surface area contributed by atoms with Gasteiger partial charge in [-0.05, 0) is 44.3 Å². The van der Waals surface area contributed by atoms with Crippen LogP contribution in [0, 0.1) is 5.92 Å². The molecule has 5 heteroatoms. The third-order valence-electron chi connectivity index (χ3n) is 5.75. The minimum atomic E-state index is -1.76. The highest BCUT2D eigenvalue weighted by Crippen LogP contribution is 2.30. The summed E-state index contributed by atoms with van der Waals surface area (Å²) in [4.78, 5) is 12.3. The second kappa shape index (κ2) is 10.5. The molecule has 25 heavy (non-hydrogen) atoms. The number of hydrogen-bond donors (Lipinski definition) is 0. The van der Waals surface area contributed by atoms with Crippen molar-refractivity contribution in [2.24, 2.45) is 5.92 Å². The highest BCUT2D eigenvalue weighted by atomic mass is 28.4. The van der Waals surface area contributed by atoms with Crippen molar-refractivity contribution in [3.05, 3.63) is 12.2 Å². The van der Waals surface area contributed by atoms with Crippen molar-refractivity contribution < 1.29 is 18.7 Å². The Kier molecular flexibility index (Phi) is 9.39. The Morgan fingerprint density at radius 1 is 1.28 bits per heavy atom. The van der Waals surface area contributed by atoms with E-state index >= 15 is 0 Å². The van der Waals surface area contributed by atoms with Gasteiger partial charge in [0.25, 0.3) is 0 Å². The first-order valence-electron chi connectivity index (χ1n) is 9.87. The summed E-state index contributed by atoms with van der Waals surface area (Å²) >= 11 is 0. The number of hydrogen-bond acceptors (Lipinski definition) is 4. The highest BCUT2D eigenvalue weighted by molar-refractivity contribution is 6.73. The van der Waals surface area contributed by atoms with Gasteiger partial charge in [-0.2, -0.15) is 0 Å². The Labute approximate surface area is 155 Å². The van der Waals surface area contributed by atoms with Gasteiger partial charge in [0, 0.05) is 13.0 Å². The maximum absolute atomic E-state index is 12.3. The van der Waals surface area contributed by atoms with Crippen molar-refractivity contribution >= 4 is 14.3 Å². The molecule has 0 spiro atoms. The van der Waals surface area contributed by atoms with Crippen LogP contribution in [0.25, 0.3) is 0 Å². The van der Waals surface area contributed by atoms with E-state index in [0.29, 0.717) is 13.0 Å². The average Bonchev–Trinajstić information content (AvgIpc) is 2.61. The molecule has 1 aliphatic heterocycles. The zero-order valence-electron chi connectivity index (χ0n) is 17.1. The molecule has 1 heterocycles. The number of cyclic esters (lactones) is 1. The molecule has 0 radical (unpaired) electrons. The minimum Gasteiger partial charge on any atom is -0.465 e. The van der Waals surface area contributed by atoms with Crippen molar-refractivity contribution in [2.45, 2.75) is 90.1 Å². The minimum absolute atomic E-state index is 0.0628. The summed E-state index contributed by atoms with van der Waals surface area (Å²) in [7, 11) is 0.0168. The summed E-state index contributed by atoms with van der Waals surface area (Å²) < 4.78 is 17.9. The maximum atomic E-state index is 12.3. The predicted octanol–water partition coefficient (Wildman–Crippen LogP) is 5.09. The fraction of sp³-hybridized carbons (Fsp3) is 0.850. The number of rotatable bonds is 6. The second-order valence-corrected chi connectivity index (χ2v) is 12.4. The number of methoxy groups -OCH3 is 1. The highest BCUT2D eigenvalue weighted by Gasteiger charge is 2.34. The number of ether oxygens (including phenoxy) is 2. The normalized spacial score (nSPS) is 30.9. The monoisotopic (exact) mass is 370 g/mol. The summed E-state index contributed by atoms with van der Waals surface area (Å²) in [5, 5.41) is 0. The smallest absolute Gasteiger partial charge is 0.308 e. The van der Waals surface area contributed by atoms with Gasteiger partial charge >= 0.3 is 5.97 Å². The van der Waals surface area contributed by atoms with Crippen LogP contribution in [0.15, 0.2) is 12.2 Å². The van der Waals surface area contributed by atoms with Crippen LogP contribution in [0.5, 0.6) is 0 Å². The van der Waals surface area contributed by atoms with E-state index in [2.05, 4.69) is 46.8 Å². The molecule has 0 saturated carbocycles. The number of carbonyl (C=O) groups excluding carboxylic acids is 1. The Bertz CT molecular complexity index is 425. The lowest BCUT2D eigenvalue weighted by atomic mass is 9.92. The van der Waals surface area contributed by atoms with E-state index in [0.717, 1.165) is 37.4 Å². The zero-order valence-corrected chi connectivity index (χ0v) is 18.1. The first-order valence-corrected chi connectivity index (χ1v) is 12.4.